The van der Waals surface area contributed by atoms with E-state index in [1.807, 2.05) is 49.5 Å². The Kier molecular flexibility index (Phi) is 1.96. The molecular formula is C13H10N2O. The van der Waals surface area contributed by atoms with Crippen molar-refractivity contribution in [2.24, 2.45) is 0 Å². The van der Waals surface area contributed by atoms with Gasteiger partial charge in [0.25, 0.3) is 0 Å². The van der Waals surface area contributed by atoms with Gasteiger partial charge < -0.3 is 4.42 Å². The topological polar surface area (TPSA) is 38.9 Å². The molecule has 0 N–H and O–H groups in total. The molecule has 0 bridgehead atoms. The first-order valence-electron chi connectivity index (χ1n) is 5.11. The molecule has 0 atom stereocenters. The molecule has 0 fully saturated rings. The van der Waals surface area contributed by atoms with Gasteiger partial charge >= 0.3 is 0 Å². The number of rotatable bonds is 1. The molecule has 3 heteroatoms. The van der Waals surface area contributed by atoms with Crippen molar-refractivity contribution in [3.63, 3.8) is 0 Å². The van der Waals surface area contributed by atoms with E-state index >= 15 is 0 Å². The highest BCUT2D eigenvalue weighted by atomic mass is 16.3. The summed E-state index contributed by atoms with van der Waals surface area (Å²) in [7, 11) is 0. The molecule has 2 heterocycles. The van der Waals surface area contributed by atoms with E-state index in [1.165, 1.54) is 0 Å². The minimum absolute atomic E-state index is 0.571. The van der Waals surface area contributed by atoms with E-state index in [0.29, 0.717) is 5.89 Å². The molecule has 0 aliphatic carbocycles. The Bertz CT molecular complexity index is 593. The number of hydrogen-bond donors (Lipinski definition) is 0. The number of hydrogen-bond acceptors (Lipinski definition) is 3. The van der Waals surface area contributed by atoms with Gasteiger partial charge in [-0.25, -0.2) is 4.98 Å². The van der Waals surface area contributed by atoms with E-state index in [9.17, 15) is 0 Å². The summed E-state index contributed by atoms with van der Waals surface area (Å²) in [6.07, 6.45) is 1.81. The summed E-state index contributed by atoms with van der Waals surface area (Å²) in [6, 6.07) is 11.6. The lowest BCUT2D eigenvalue weighted by molar-refractivity contribution is 0.616. The molecule has 0 aliphatic rings. The van der Waals surface area contributed by atoms with Crippen molar-refractivity contribution in [3.8, 4) is 11.6 Å². The third-order valence-electron chi connectivity index (χ3n) is 2.42. The van der Waals surface area contributed by atoms with Crippen LogP contribution >= 0.6 is 0 Å². The lowest BCUT2D eigenvalue weighted by atomic mass is 10.3. The van der Waals surface area contributed by atoms with Crippen molar-refractivity contribution in [2.75, 3.05) is 0 Å². The Labute approximate surface area is 92.8 Å². The maximum absolute atomic E-state index is 5.62. The number of pyridine rings is 1. The highest BCUT2D eigenvalue weighted by Crippen LogP contribution is 2.22. The van der Waals surface area contributed by atoms with E-state index in [2.05, 4.69) is 9.97 Å². The van der Waals surface area contributed by atoms with Gasteiger partial charge in [0, 0.05) is 6.20 Å². The lowest BCUT2D eigenvalue weighted by Crippen LogP contribution is -1.83. The summed E-state index contributed by atoms with van der Waals surface area (Å²) in [4.78, 5) is 8.67. The average molecular weight is 210 g/mol. The molecule has 3 nitrogen and oxygen atoms in total. The van der Waals surface area contributed by atoms with E-state index in [-0.39, 0.29) is 0 Å². The molecule has 0 unspecified atom stereocenters. The van der Waals surface area contributed by atoms with Crippen molar-refractivity contribution in [1.82, 2.24) is 9.97 Å². The van der Waals surface area contributed by atoms with Gasteiger partial charge in [0.15, 0.2) is 5.58 Å². The second kappa shape index (κ2) is 3.45. The van der Waals surface area contributed by atoms with Crippen LogP contribution in [0.3, 0.4) is 0 Å². The zero-order valence-electron chi connectivity index (χ0n) is 8.84. The van der Waals surface area contributed by atoms with Crippen molar-refractivity contribution >= 4 is 11.1 Å². The number of oxazole rings is 1. The van der Waals surface area contributed by atoms with E-state index in [0.717, 1.165) is 22.4 Å². The van der Waals surface area contributed by atoms with Crippen LogP contribution in [0, 0.1) is 6.92 Å². The minimum atomic E-state index is 0.571. The van der Waals surface area contributed by atoms with Crippen molar-refractivity contribution in [2.45, 2.75) is 6.92 Å². The van der Waals surface area contributed by atoms with Gasteiger partial charge in [0.1, 0.15) is 11.2 Å². The van der Waals surface area contributed by atoms with Gasteiger partial charge in [-0.15, -0.1) is 0 Å². The normalized spacial score (nSPS) is 10.8. The smallest absolute Gasteiger partial charge is 0.246 e. The van der Waals surface area contributed by atoms with Crippen LogP contribution in [0.4, 0.5) is 0 Å². The molecule has 0 radical (unpaired) electrons. The summed E-state index contributed by atoms with van der Waals surface area (Å²) >= 11 is 0. The van der Waals surface area contributed by atoms with Crippen LogP contribution in [-0.4, -0.2) is 9.97 Å². The molecular weight excluding hydrogens is 200 g/mol. The van der Waals surface area contributed by atoms with Crippen LogP contribution < -0.4 is 0 Å². The maximum atomic E-state index is 5.62. The van der Waals surface area contributed by atoms with Gasteiger partial charge in [-0.05, 0) is 30.7 Å². The molecule has 0 aliphatic heterocycles. The fraction of sp³-hybridized carbons (Fsp3) is 0.0769. The van der Waals surface area contributed by atoms with Crippen molar-refractivity contribution < 1.29 is 4.42 Å². The highest BCUT2D eigenvalue weighted by molar-refractivity contribution is 5.75. The molecule has 0 saturated heterocycles. The molecule has 0 amide bonds. The Balaban J connectivity index is 2.15. The number of fused-ring (bicyclic) bond motifs is 1. The second-order valence-corrected chi connectivity index (χ2v) is 3.71. The molecule has 0 spiro atoms. The fourth-order valence-electron chi connectivity index (χ4n) is 1.58. The summed E-state index contributed by atoms with van der Waals surface area (Å²) in [5, 5.41) is 0. The maximum Gasteiger partial charge on any atom is 0.246 e. The number of aromatic nitrogens is 2. The van der Waals surface area contributed by atoms with E-state index < -0.39 is 0 Å². The molecule has 0 saturated carbocycles. The first kappa shape index (κ1) is 9.09. The molecule has 3 rings (SSSR count). The SMILES string of the molecule is Cc1ccc(-c2nc3ccccc3o2)nc1. The largest absolute Gasteiger partial charge is 0.435 e. The van der Waals surface area contributed by atoms with Crippen LogP contribution in [0.2, 0.25) is 0 Å². The van der Waals surface area contributed by atoms with Crippen LogP contribution in [0.1, 0.15) is 5.56 Å². The van der Waals surface area contributed by atoms with E-state index in [1.54, 1.807) is 0 Å². The third kappa shape index (κ3) is 1.46. The minimum Gasteiger partial charge on any atom is -0.435 e. The number of para-hydroxylation sites is 2. The fourth-order valence-corrected chi connectivity index (χ4v) is 1.58. The van der Waals surface area contributed by atoms with Gasteiger partial charge in [0.2, 0.25) is 5.89 Å². The van der Waals surface area contributed by atoms with Crippen LogP contribution in [0.5, 0.6) is 0 Å². The summed E-state index contributed by atoms with van der Waals surface area (Å²) in [5.41, 5.74) is 3.54. The summed E-state index contributed by atoms with van der Waals surface area (Å²) in [6.45, 7) is 2.00. The van der Waals surface area contributed by atoms with Gasteiger partial charge in [-0.2, -0.15) is 0 Å². The molecule has 78 valence electrons. The summed E-state index contributed by atoms with van der Waals surface area (Å²) in [5.74, 6) is 0.571. The van der Waals surface area contributed by atoms with E-state index in [4.69, 9.17) is 4.42 Å². The van der Waals surface area contributed by atoms with Crippen molar-refractivity contribution in [3.05, 3.63) is 48.2 Å². The Morgan fingerprint density at radius 1 is 1.06 bits per heavy atom. The predicted octanol–water partition coefficient (Wildman–Crippen LogP) is 3.20. The lowest BCUT2D eigenvalue weighted by Gasteiger charge is -1.94. The zero-order chi connectivity index (χ0) is 11.0. The highest BCUT2D eigenvalue weighted by Gasteiger charge is 2.07. The Morgan fingerprint density at radius 3 is 2.69 bits per heavy atom. The predicted molar refractivity (Wildman–Crippen MR) is 62.0 cm³/mol. The standard InChI is InChI=1S/C13H10N2O/c1-9-6-7-11(14-8-9)13-15-10-4-2-3-5-12(10)16-13/h2-8H,1H3. The third-order valence-corrected chi connectivity index (χ3v) is 2.42. The second-order valence-electron chi connectivity index (χ2n) is 3.71. The molecule has 2 aromatic heterocycles. The Hall–Kier alpha value is -2.16. The quantitative estimate of drug-likeness (QED) is 0.619. The number of aryl methyl sites for hydroxylation is 1. The van der Waals surface area contributed by atoms with Gasteiger partial charge in [-0.1, -0.05) is 18.2 Å². The van der Waals surface area contributed by atoms with Crippen LogP contribution in [-0.2, 0) is 0 Å². The molecule has 1 aromatic carbocycles. The average Bonchev–Trinajstić information content (AvgIpc) is 2.73. The first-order valence-corrected chi connectivity index (χ1v) is 5.11. The summed E-state index contributed by atoms with van der Waals surface area (Å²) < 4.78 is 5.62. The van der Waals surface area contributed by atoms with Crippen LogP contribution in [0.25, 0.3) is 22.7 Å². The van der Waals surface area contributed by atoms with Crippen LogP contribution in [0.15, 0.2) is 47.0 Å². The number of benzene rings is 1. The molecule has 3 aromatic rings. The van der Waals surface area contributed by atoms with Gasteiger partial charge in [-0.3, -0.25) is 4.98 Å². The van der Waals surface area contributed by atoms with Crippen molar-refractivity contribution in [1.29, 1.82) is 0 Å². The molecule has 16 heavy (non-hydrogen) atoms. The first-order chi connectivity index (χ1) is 7.83. The Morgan fingerprint density at radius 2 is 1.94 bits per heavy atom. The van der Waals surface area contributed by atoms with Gasteiger partial charge in [0.05, 0.1) is 0 Å². The zero-order valence-corrected chi connectivity index (χ0v) is 8.84. The number of nitrogens with zero attached hydrogens (tertiary/aromatic N) is 2. The monoisotopic (exact) mass is 210 g/mol.